The summed E-state index contributed by atoms with van der Waals surface area (Å²) in [6.45, 7) is 1.03. The average molecular weight is 404 g/mol. The van der Waals surface area contributed by atoms with E-state index >= 15 is 0 Å². The topological polar surface area (TPSA) is 59.9 Å². The van der Waals surface area contributed by atoms with Crippen molar-refractivity contribution in [2.24, 2.45) is 4.99 Å². The monoisotopic (exact) mass is 404 g/mol. The Morgan fingerprint density at radius 1 is 1.21 bits per heavy atom. The number of aryl methyl sites for hydroxylation is 1. The molecule has 2 aromatic carbocycles. The lowest BCUT2D eigenvalue weighted by Gasteiger charge is -2.11. The van der Waals surface area contributed by atoms with Crippen LogP contribution >= 0.6 is 11.8 Å². The van der Waals surface area contributed by atoms with Gasteiger partial charge >= 0.3 is 6.61 Å². The number of amides is 1. The maximum Gasteiger partial charge on any atom is 0.387 e. The van der Waals surface area contributed by atoms with Crippen molar-refractivity contribution in [3.05, 3.63) is 58.5 Å². The number of aliphatic imine (C=N–C) groups is 1. The third-order valence-electron chi connectivity index (χ3n) is 3.77. The summed E-state index contributed by atoms with van der Waals surface area (Å²) in [5, 5.41) is 3.21. The van der Waals surface area contributed by atoms with E-state index in [4.69, 9.17) is 4.74 Å². The molecule has 1 aliphatic heterocycles. The third kappa shape index (κ3) is 4.89. The molecule has 0 aromatic heterocycles. The van der Waals surface area contributed by atoms with Gasteiger partial charge in [0.2, 0.25) is 0 Å². The molecule has 0 saturated carbocycles. The Morgan fingerprint density at radius 2 is 2.00 bits per heavy atom. The van der Waals surface area contributed by atoms with Crippen LogP contribution in [0, 0.1) is 6.92 Å². The number of amidine groups is 1. The number of alkyl halides is 2. The van der Waals surface area contributed by atoms with Crippen LogP contribution in [0.2, 0.25) is 0 Å². The van der Waals surface area contributed by atoms with Crippen molar-refractivity contribution in [3.63, 3.8) is 0 Å². The Kier molecular flexibility index (Phi) is 6.30. The summed E-state index contributed by atoms with van der Waals surface area (Å²) < 4.78 is 34.8. The molecule has 2 aromatic rings. The van der Waals surface area contributed by atoms with Crippen LogP contribution in [0.25, 0.3) is 6.08 Å². The molecule has 0 unspecified atom stereocenters. The summed E-state index contributed by atoms with van der Waals surface area (Å²) in [5.41, 5.74) is 2.40. The van der Waals surface area contributed by atoms with E-state index in [0.717, 1.165) is 11.3 Å². The molecule has 3 rings (SSSR count). The Bertz CT molecular complexity index is 945. The lowest BCUT2D eigenvalue weighted by atomic mass is 10.2. The van der Waals surface area contributed by atoms with Crippen LogP contribution in [0.4, 0.5) is 14.5 Å². The van der Waals surface area contributed by atoms with Crippen LogP contribution in [0.3, 0.4) is 0 Å². The number of nitrogens with zero attached hydrogens (tertiary/aromatic N) is 1. The van der Waals surface area contributed by atoms with Crippen molar-refractivity contribution in [1.29, 1.82) is 0 Å². The molecular weight excluding hydrogens is 386 g/mol. The highest BCUT2D eigenvalue weighted by Gasteiger charge is 2.24. The van der Waals surface area contributed by atoms with Gasteiger partial charge in [0.25, 0.3) is 5.91 Å². The molecule has 1 N–H and O–H groups in total. The Labute approximate surface area is 165 Å². The van der Waals surface area contributed by atoms with Crippen LogP contribution in [-0.2, 0) is 4.79 Å². The molecule has 1 aliphatic rings. The van der Waals surface area contributed by atoms with Gasteiger partial charge in [-0.3, -0.25) is 4.79 Å². The predicted molar refractivity (Wildman–Crippen MR) is 106 cm³/mol. The van der Waals surface area contributed by atoms with Gasteiger partial charge in [-0.2, -0.15) is 8.78 Å². The van der Waals surface area contributed by atoms with Crippen LogP contribution in [0.15, 0.2) is 52.4 Å². The van der Waals surface area contributed by atoms with Gasteiger partial charge in [-0.05, 0) is 61.0 Å². The van der Waals surface area contributed by atoms with Crippen LogP contribution in [-0.4, -0.2) is 24.3 Å². The van der Waals surface area contributed by atoms with E-state index in [9.17, 15) is 13.6 Å². The number of carbonyl (C=O) groups excluding carboxylic acids is 1. The first-order valence-corrected chi connectivity index (χ1v) is 9.34. The van der Waals surface area contributed by atoms with E-state index in [1.54, 1.807) is 25.1 Å². The highest BCUT2D eigenvalue weighted by atomic mass is 32.2. The summed E-state index contributed by atoms with van der Waals surface area (Å²) in [6, 6.07) is 12.1. The molecule has 0 radical (unpaired) electrons. The van der Waals surface area contributed by atoms with E-state index < -0.39 is 6.61 Å². The van der Waals surface area contributed by atoms with Gasteiger partial charge < -0.3 is 14.8 Å². The second-order valence-corrected chi connectivity index (χ2v) is 6.82. The van der Waals surface area contributed by atoms with Crippen LogP contribution in [0.5, 0.6) is 11.5 Å². The lowest BCUT2D eigenvalue weighted by molar-refractivity contribution is -0.115. The minimum Gasteiger partial charge on any atom is -0.490 e. The molecule has 1 saturated heterocycles. The number of halogens is 2. The second-order valence-electron chi connectivity index (χ2n) is 5.79. The Balaban J connectivity index is 1.84. The quantitative estimate of drug-likeness (QED) is 0.697. The van der Waals surface area contributed by atoms with Crippen molar-refractivity contribution in [1.82, 2.24) is 5.32 Å². The average Bonchev–Trinajstić information content (AvgIpc) is 2.98. The molecular formula is C20H18F2N2O3S. The number of carbonyl (C=O) groups is 1. The van der Waals surface area contributed by atoms with Gasteiger partial charge in [0.05, 0.1) is 17.2 Å². The van der Waals surface area contributed by atoms with Crippen LogP contribution < -0.4 is 14.8 Å². The second kappa shape index (κ2) is 8.88. The van der Waals surface area contributed by atoms with Crippen molar-refractivity contribution in [2.45, 2.75) is 20.5 Å². The summed E-state index contributed by atoms with van der Waals surface area (Å²) in [7, 11) is 0. The maximum absolute atomic E-state index is 12.5. The zero-order valence-corrected chi connectivity index (χ0v) is 16.1. The third-order valence-corrected chi connectivity index (χ3v) is 4.68. The number of rotatable bonds is 6. The number of thioether (sulfide) groups is 1. The Hall–Kier alpha value is -2.87. The fraction of sp³-hybridized carbons (Fsp3) is 0.200. The van der Waals surface area contributed by atoms with E-state index in [1.807, 2.05) is 31.2 Å². The maximum atomic E-state index is 12.5. The van der Waals surface area contributed by atoms with Gasteiger partial charge in [-0.15, -0.1) is 0 Å². The molecule has 0 aliphatic carbocycles. The SMILES string of the molecule is CCOc1cc(/C=C2\SC(=Nc3ccccc3C)NC2=O)ccc1OC(F)F. The van der Waals surface area contributed by atoms with Crippen molar-refractivity contribution in [2.75, 3.05) is 6.61 Å². The molecule has 5 nitrogen and oxygen atoms in total. The van der Waals surface area contributed by atoms with Crippen LogP contribution in [0.1, 0.15) is 18.1 Å². The zero-order chi connectivity index (χ0) is 20.1. The summed E-state index contributed by atoms with van der Waals surface area (Å²) >= 11 is 1.21. The van der Waals surface area contributed by atoms with E-state index in [-0.39, 0.29) is 17.4 Å². The lowest BCUT2D eigenvalue weighted by Crippen LogP contribution is -2.19. The summed E-state index contributed by atoms with van der Waals surface area (Å²) in [5.74, 6) is -0.137. The number of hydrogen-bond acceptors (Lipinski definition) is 5. The fourth-order valence-corrected chi connectivity index (χ4v) is 3.34. The summed E-state index contributed by atoms with van der Waals surface area (Å²) in [4.78, 5) is 17.2. The van der Waals surface area contributed by atoms with Gasteiger partial charge in [-0.25, -0.2) is 4.99 Å². The number of ether oxygens (including phenoxy) is 2. The molecule has 0 spiro atoms. The highest BCUT2D eigenvalue weighted by Crippen LogP contribution is 2.33. The number of nitrogens with one attached hydrogen (secondary N) is 1. The van der Waals surface area contributed by atoms with E-state index in [2.05, 4.69) is 15.0 Å². The normalized spacial score (nSPS) is 16.7. The number of para-hydroxylation sites is 1. The van der Waals surface area contributed by atoms with Gasteiger partial charge in [0.15, 0.2) is 16.7 Å². The minimum absolute atomic E-state index is 0.0515. The van der Waals surface area contributed by atoms with Gasteiger partial charge in [-0.1, -0.05) is 24.3 Å². The molecule has 1 fully saturated rings. The largest absolute Gasteiger partial charge is 0.490 e. The first-order chi connectivity index (χ1) is 13.5. The zero-order valence-electron chi connectivity index (χ0n) is 15.2. The van der Waals surface area contributed by atoms with Crippen molar-refractivity contribution < 1.29 is 23.0 Å². The first-order valence-electron chi connectivity index (χ1n) is 8.53. The standard InChI is InChI=1S/C20H18F2N2O3S/c1-3-26-16-10-13(8-9-15(16)27-19(21)22)11-17-18(25)24-20(28-17)23-14-7-5-4-6-12(14)2/h4-11,19H,3H2,1-2H3,(H,23,24,25)/b17-11-. The minimum atomic E-state index is -2.94. The Morgan fingerprint density at radius 3 is 2.71 bits per heavy atom. The van der Waals surface area contributed by atoms with E-state index in [0.29, 0.717) is 22.2 Å². The first kappa shape index (κ1) is 19.9. The van der Waals surface area contributed by atoms with E-state index in [1.165, 1.54) is 17.8 Å². The molecule has 8 heteroatoms. The molecule has 1 heterocycles. The molecule has 28 heavy (non-hydrogen) atoms. The highest BCUT2D eigenvalue weighted by molar-refractivity contribution is 8.18. The predicted octanol–water partition coefficient (Wildman–Crippen LogP) is 4.89. The van der Waals surface area contributed by atoms with Crippen molar-refractivity contribution in [3.8, 4) is 11.5 Å². The molecule has 0 atom stereocenters. The fourth-order valence-electron chi connectivity index (χ4n) is 2.51. The molecule has 1 amide bonds. The van der Waals surface area contributed by atoms with Gasteiger partial charge in [0.1, 0.15) is 0 Å². The molecule has 146 valence electrons. The van der Waals surface area contributed by atoms with Crippen molar-refractivity contribution >= 4 is 34.6 Å². The van der Waals surface area contributed by atoms with Gasteiger partial charge in [0, 0.05) is 0 Å². The summed E-state index contributed by atoms with van der Waals surface area (Å²) in [6.07, 6.45) is 1.65. The molecule has 0 bridgehead atoms. The number of hydrogen-bond donors (Lipinski definition) is 1. The number of benzene rings is 2. The smallest absolute Gasteiger partial charge is 0.387 e.